The molecular weight excluding hydrogens is 242 g/mol. The summed E-state index contributed by atoms with van der Waals surface area (Å²) < 4.78 is 5.67. The van der Waals surface area contributed by atoms with Crippen LogP contribution in [0.4, 0.5) is 0 Å². The summed E-state index contributed by atoms with van der Waals surface area (Å²) in [4.78, 5) is 11.2. The number of nitrogens with one attached hydrogen (secondary N) is 1. The van der Waals surface area contributed by atoms with Gasteiger partial charge in [0.15, 0.2) is 0 Å². The van der Waals surface area contributed by atoms with Crippen molar-refractivity contribution in [2.45, 2.75) is 46.0 Å². The molecule has 106 valence electrons. The molecule has 19 heavy (non-hydrogen) atoms. The van der Waals surface area contributed by atoms with E-state index in [0.29, 0.717) is 0 Å². The van der Waals surface area contributed by atoms with E-state index in [-0.39, 0.29) is 6.42 Å². The number of carbonyl (C=O) groups is 1. The fourth-order valence-corrected chi connectivity index (χ4v) is 1.91. The first kappa shape index (κ1) is 15.5. The summed E-state index contributed by atoms with van der Waals surface area (Å²) in [6.07, 6.45) is 4.25. The molecule has 0 bridgehead atoms. The standard InChI is InChI=1S/C15H23NO3/c1-3-5-9-19-14-8-7-13(11-15(17)16-18)12(10-14)6-4-2/h7-8,10,18H,3-6,9,11H2,1-2H3,(H,16,17). The molecular formula is C15H23NO3. The van der Waals surface area contributed by atoms with Gasteiger partial charge in [-0.3, -0.25) is 10.0 Å². The summed E-state index contributed by atoms with van der Waals surface area (Å²) >= 11 is 0. The van der Waals surface area contributed by atoms with Crippen LogP contribution in [-0.4, -0.2) is 17.7 Å². The van der Waals surface area contributed by atoms with Gasteiger partial charge >= 0.3 is 0 Å². The highest BCUT2D eigenvalue weighted by molar-refractivity contribution is 5.77. The Morgan fingerprint density at radius 2 is 2.05 bits per heavy atom. The average molecular weight is 265 g/mol. The van der Waals surface area contributed by atoms with Crippen LogP contribution < -0.4 is 10.2 Å². The number of amides is 1. The number of rotatable bonds is 8. The molecule has 0 unspecified atom stereocenters. The van der Waals surface area contributed by atoms with Crippen molar-refractivity contribution in [2.75, 3.05) is 6.61 Å². The highest BCUT2D eigenvalue weighted by Gasteiger charge is 2.08. The molecule has 4 heteroatoms. The monoisotopic (exact) mass is 265 g/mol. The molecule has 0 heterocycles. The zero-order valence-electron chi connectivity index (χ0n) is 11.7. The van der Waals surface area contributed by atoms with Gasteiger partial charge < -0.3 is 4.74 Å². The number of benzene rings is 1. The molecule has 0 aliphatic carbocycles. The Kier molecular flexibility index (Phi) is 6.97. The van der Waals surface area contributed by atoms with Crippen LogP contribution in [0.5, 0.6) is 5.75 Å². The highest BCUT2D eigenvalue weighted by atomic mass is 16.5. The number of hydrogen-bond donors (Lipinski definition) is 2. The average Bonchev–Trinajstić information content (AvgIpc) is 2.42. The highest BCUT2D eigenvalue weighted by Crippen LogP contribution is 2.20. The van der Waals surface area contributed by atoms with Gasteiger partial charge in [-0.2, -0.15) is 0 Å². The van der Waals surface area contributed by atoms with E-state index in [0.717, 1.165) is 49.2 Å². The van der Waals surface area contributed by atoms with E-state index in [1.54, 1.807) is 5.48 Å². The number of ether oxygens (including phenoxy) is 1. The van der Waals surface area contributed by atoms with Crippen LogP contribution in [0.1, 0.15) is 44.2 Å². The minimum absolute atomic E-state index is 0.196. The molecule has 4 nitrogen and oxygen atoms in total. The maximum Gasteiger partial charge on any atom is 0.247 e. The Morgan fingerprint density at radius 3 is 2.68 bits per heavy atom. The number of aryl methyl sites for hydroxylation is 1. The normalized spacial score (nSPS) is 10.3. The van der Waals surface area contributed by atoms with Crippen molar-refractivity contribution < 1.29 is 14.7 Å². The lowest BCUT2D eigenvalue weighted by Crippen LogP contribution is -2.21. The van der Waals surface area contributed by atoms with Crippen molar-refractivity contribution in [1.29, 1.82) is 0 Å². The predicted octanol–water partition coefficient (Wildman–Crippen LogP) is 2.87. The van der Waals surface area contributed by atoms with Crippen molar-refractivity contribution in [3.05, 3.63) is 29.3 Å². The van der Waals surface area contributed by atoms with E-state index in [4.69, 9.17) is 9.94 Å². The molecule has 0 saturated heterocycles. The fraction of sp³-hybridized carbons (Fsp3) is 0.533. The Bertz CT molecular complexity index is 404. The van der Waals surface area contributed by atoms with Gasteiger partial charge in [0.25, 0.3) is 0 Å². The summed E-state index contributed by atoms with van der Waals surface area (Å²) in [5, 5.41) is 8.59. The molecule has 0 aliphatic heterocycles. The topological polar surface area (TPSA) is 58.6 Å². The Hall–Kier alpha value is -1.55. The first-order valence-corrected chi connectivity index (χ1v) is 6.88. The van der Waals surface area contributed by atoms with Crippen molar-refractivity contribution >= 4 is 5.91 Å². The van der Waals surface area contributed by atoms with Crippen molar-refractivity contribution in [1.82, 2.24) is 5.48 Å². The summed E-state index contributed by atoms with van der Waals surface area (Å²) in [7, 11) is 0. The van der Waals surface area contributed by atoms with Gasteiger partial charge in [-0.1, -0.05) is 32.8 Å². The molecule has 0 radical (unpaired) electrons. The lowest BCUT2D eigenvalue weighted by Gasteiger charge is -2.11. The third-order valence-electron chi connectivity index (χ3n) is 2.94. The molecule has 1 aromatic carbocycles. The first-order chi connectivity index (χ1) is 9.21. The minimum atomic E-state index is -0.392. The van der Waals surface area contributed by atoms with Gasteiger partial charge in [0.2, 0.25) is 5.91 Å². The molecule has 2 N–H and O–H groups in total. The van der Waals surface area contributed by atoms with Crippen LogP contribution in [0.25, 0.3) is 0 Å². The number of hydroxylamine groups is 1. The Labute approximate surface area is 114 Å². The van der Waals surface area contributed by atoms with Gasteiger partial charge in [0, 0.05) is 0 Å². The van der Waals surface area contributed by atoms with Gasteiger partial charge in [-0.25, -0.2) is 5.48 Å². The predicted molar refractivity (Wildman–Crippen MR) is 74.5 cm³/mol. The van der Waals surface area contributed by atoms with E-state index in [1.165, 1.54) is 0 Å². The van der Waals surface area contributed by atoms with E-state index in [9.17, 15) is 4.79 Å². The number of unbranched alkanes of at least 4 members (excludes halogenated alkanes) is 1. The molecule has 0 spiro atoms. The van der Waals surface area contributed by atoms with E-state index in [2.05, 4.69) is 13.8 Å². The van der Waals surface area contributed by atoms with Crippen LogP contribution in [-0.2, 0) is 17.6 Å². The molecule has 0 aromatic heterocycles. The quantitative estimate of drug-likeness (QED) is 0.431. The second-order valence-electron chi connectivity index (χ2n) is 4.59. The third-order valence-corrected chi connectivity index (χ3v) is 2.94. The van der Waals surface area contributed by atoms with Crippen molar-refractivity contribution in [3.8, 4) is 5.75 Å². The number of hydrogen-bond acceptors (Lipinski definition) is 3. The van der Waals surface area contributed by atoms with Crippen LogP contribution in [0, 0.1) is 0 Å². The van der Waals surface area contributed by atoms with Crippen LogP contribution in [0.15, 0.2) is 18.2 Å². The number of carbonyl (C=O) groups excluding carboxylic acids is 1. The van der Waals surface area contributed by atoms with E-state index >= 15 is 0 Å². The summed E-state index contributed by atoms with van der Waals surface area (Å²) in [5.74, 6) is 0.460. The smallest absolute Gasteiger partial charge is 0.247 e. The summed E-state index contributed by atoms with van der Waals surface area (Å²) in [5.41, 5.74) is 3.72. The maximum absolute atomic E-state index is 11.2. The van der Waals surface area contributed by atoms with Crippen LogP contribution in [0.3, 0.4) is 0 Å². The fourth-order valence-electron chi connectivity index (χ4n) is 1.91. The van der Waals surface area contributed by atoms with Gasteiger partial charge in [0.05, 0.1) is 13.0 Å². The Balaban J connectivity index is 2.78. The second-order valence-corrected chi connectivity index (χ2v) is 4.59. The zero-order valence-corrected chi connectivity index (χ0v) is 11.7. The summed E-state index contributed by atoms with van der Waals surface area (Å²) in [6.45, 7) is 4.95. The molecule has 0 atom stereocenters. The van der Waals surface area contributed by atoms with Crippen LogP contribution >= 0.6 is 0 Å². The van der Waals surface area contributed by atoms with Gasteiger partial charge in [0.1, 0.15) is 5.75 Å². The SMILES string of the molecule is CCCCOc1ccc(CC(=O)NO)c(CCC)c1. The summed E-state index contributed by atoms with van der Waals surface area (Å²) in [6, 6.07) is 5.79. The molecule has 0 fully saturated rings. The van der Waals surface area contributed by atoms with Crippen molar-refractivity contribution in [2.24, 2.45) is 0 Å². The van der Waals surface area contributed by atoms with Crippen LogP contribution in [0.2, 0.25) is 0 Å². The molecule has 1 aromatic rings. The molecule has 1 rings (SSSR count). The Morgan fingerprint density at radius 1 is 1.26 bits per heavy atom. The van der Waals surface area contributed by atoms with E-state index in [1.807, 2.05) is 18.2 Å². The van der Waals surface area contributed by atoms with E-state index < -0.39 is 5.91 Å². The lowest BCUT2D eigenvalue weighted by molar-refractivity contribution is -0.128. The zero-order chi connectivity index (χ0) is 14.1. The van der Waals surface area contributed by atoms with Crippen molar-refractivity contribution in [3.63, 3.8) is 0 Å². The molecule has 1 amide bonds. The van der Waals surface area contributed by atoms with Gasteiger partial charge in [-0.05, 0) is 36.1 Å². The minimum Gasteiger partial charge on any atom is -0.494 e. The van der Waals surface area contributed by atoms with Gasteiger partial charge in [-0.15, -0.1) is 0 Å². The third kappa shape index (κ3) is 5.30. The largest absolute Gasteiger partial charge is 0.494 e. The lowest BCUT2D eigenvalue weighted by atomic mass is 10.00. The molecule has 0 saturated carbocycles. The first-order valence-electron chi connectivity index (χ1n) is 6.88. The second kappa shape index (κ2) is 8.53. The molecule has 0 aliphatic rings. The maximum atomic E-state index is 11.2.